The van der Waals surface area contributed by atoms with Crippen LogP contribution in [0.1, 0.15) is 11.1 Å². The monoisotopic (exact) mass is 424 g/mol. The van der Waals surface area contributed by atoms with E-state index in [0.29, 0.717) is 18.7 Å². The summed E-state index contributed by atoms with van der Waals surface area (Å²) in [6.07, 6.45) is 1.80. The van der Waals surface area contributed by atoms with Crippen LogP contribution in [-0.4, -0.2) is 33.7 Å². The fourth-order valence-corrected chi connectivity index (χ4v) is 3.46. The number of rotatable bonds is 7. The Bertz CT molecular complexity index is 839. The highest BCUT2D eigenvalue weighted by Gasteiger charge is 2.21. The van der Waals surface area contributed by atoms with E-state index in [1.54, 1.807) is 18.2 Å². The smallest absolute Gasteiger partial charge is 0.240 e. The Morgan fingerprint density at radius 3 is 2.44 bits per heavy atom. The molecule has 0 unspecified atom stereocenters. The third kappa shape index (κ3) is 5.86. The average Bonchev–Trinajstić information content (AvgIpc) is 2.55. The van der Waals surface area contributed by atoms with Crippen molar-refractivity contribution < 1.29 is 13.2 Å². The fraction of sp³-hybridized carbons (Fsp3) is 0.278. The lowest BCUT2D eigenvalue weighted by Gasteiger charge is -2.22. The lowest BCUT2D eigenvalue weighted by Crippen LogP contribution is -2.41. The van der Waals surface area contributed by atoms with Gasteiger partial charge in [0.1, 0.15) is 6.54 Å². The van der Waals surface area contributed by atoms with E-state index in [1.165, 1.54) is 0 Å². The predicted octanol–water partition coefficient (Wildman–Crippen LogP) is 2.88. The zero-order valence-corrected chi connectivity index (χ0v) is 16.6. The normalized spacial score (nSPS) is 11.2. The number of hydrogen-bond donors (Lipinski definition) is 1. The SMILES string of the molecule is Cc1cc(N(CC(=O)NCCc2ccccc2)S(C)(=O)=O)ccc1Br. The molecule has 25 heavy (non-hydrogen) atoms. The van der Waals surface area contributed by atoms with Crippen LogP contribution in [0, 0.1) is 6.92 Å². The molecule has 5 nitrogen and oxygen atoms in total. The minimum Gasteiger partial charge on any atom is -0.354 e. The summed E-state index contributed by atoms with van der Waals surface area (Å²) in [6, 6.07) is 15.0. The zero-order valence-electron chi connectivity index (χ0n) is 14.2. The Balaban J connectivity index is 2.02. The molecule has 0 aliphatic carbocycles. The molecule has 1 N–H and O–H groups in total. The van der Waals surface area contributed by atoms with E-state index in [1.807, 2.05) is 37.3 Å². The number of carbonyl (C=O) groups is 1. The number of nitrogens with one attached hydrogen (secondary N) is 1. The highest BCUT2D eigenvalue weighted by Crippen LogP contribution is 2.24. The number of sulfonamides is 1. The molecule has 0 aliphatic heterocycles. The Labute approximate surface area is 157 Å². The van der Waals surface area contributed by atoms with Gasteiger partial charge < -0.3 is 5.32 Å². The number of benzene rings is 2. The molecule has 0 saturated carbocycles. The van der Waals surface area contributed by atoms with Crippen molar-refractivity contribution in [1.29, 1.82) is 0 Å². The maximum absolute atomic E-state index is 12.2. The molecule has 2 aromatic rings. The standard InChI is InChI=1S/C18H21BrN2O3S/c1-14-12-16(8-9-17(14)19)21(25(2,23)24)13-18(22)20-11-10-15-6-4-3-5-7-15/h3-9,12H,10-11,13H2,1-2H3,(H,20,22). The maximum Gasteiger partial charge on any atom is 0.240 e. The highest BCUT2D eigenvalue weighted by molar-refractivity contribution is 9.10. The Hall–Kier alpha value is -1.86. The second-order valence-electron chi connectivity index (χ2n) is 5.79. The number of carbonyl (C=O) groups excluding carboxylic acids is 1. The quantitative estimate of drug-likeness (QED) is 0.742. The number of aryl methyl sites for hydroxylation is 1. The van der Waals surface area contributed by atoms with Crippen molar-refractivity contribution in [3.05, 3.63) is 64.1 Å². The second-order valence-corrected chi connectivity index (χ2v) is 8.55. The minimum absolute atomic E-state index is 0.241. The molecule has 0 fully saturated rings. The van der Waals surface area contributed by atoms with Crippen LogP contribution in [0.5, 0.6) is 0 Å². The van der Waals surface area contributed by atoms with E-state index >= 15 is 0 Å². The molecule has 7 heteroatoms. The van der Waals surface area contributed by atoms with Crippen molar-refractivity contribution >= 4 is 37.5 Å². The molecule has 0 atom stereocenters. The maximum atomic E-state index is 12.2. The number of nitrogens with zero attached hydrogens (tertiary/aromatic N) is 1. The lowest BCUT2D eigenvalue weighted by molar-refractivity contribution is -0.119. The molecular weight excluding hydrogens is 404 g/mol. The molecular formula is C18H21BrN2O3S. The molecule has 0 heterocycles. The summed E-state index contributed by atoms with van der Waals surface area (Å²) in [5.74, 6) is -0.332. The molecule has 0 bridgehead atoms. The largest absolute Gasteiger partial charge is 0.354 e. The van der Waals surface area contributed by atoms with Crippen LogP contribution in [0.4, 0.5) is 5.69 Å². The van der Waals surface area contributed by atoms with Gasteiger partial charge in [0, 0.05) is 11.0 Å². The summed E-state index contributed by atoms with van der Waals surface area (Å²) in [7, 11) is -3.56. The Morgan fingerprint density at radius 2 is 1.84 bits per heavy atom. The van der Waals surface area contributed by atoms with Gasteiger partial charge in [-0.05, 0) is 42.7 Å². The van der Waals surface area contributed by atoms with Crippen molar-refractivity contribution in [3.8, 4) is 0 Å². The summed E-state index contributed by atoms with van der Waals surface area (Å²) in [5.41, 5.74) is 2.49. The van der Waals surface area contributed by atoms with Crippen molar-refractivity contribution in [2.45, 2.75) is 13.3 Å². The summed E-state index contributed by atoms with van der Waals surface area (Å²) in [5, 5.41) is 2.78. The van der Waals surface area contributed by atoms with Crippen LogP contribution in [0.2, 0.25) is 0 Å². The van der Waals surface area contributed by atoms with Crippen LogP contribution in [0.15, 0.2) is 53.0 Å². The summed E-state index contributed by atoms with van der Waals surface area (Å²) in [4.78, 5) is 12.2. The molecule has 0 radical (unpaired) electrons. The van der Waals surface area contributed by atoms with Crippen LogP contribution in [0.25, 0.3) is 0 Å². The number of hydrogen-bond acceptors (Lipinski definition) is 3. The van der Waals surface area contributed by atoms with Crippen LogP contribution >= 0.6 is 15.9 Å². The van der Waals surface area contributed by atoms with Gasteiger partial charge in [-0.1, -0.05) is 46.3 Å². The van der Waals surface area contributed by atoms with Gasteiger partial charge >= 0.3 is 0 Å². The van der Waals surface area contributed by atoms with Gasteiger partial charge in [0.05, 0.1) is 11.9 Å². The van der Waals surface area contributed by atoms with Gasteiger partial charge in [-0.2, -0.15) is 0 Å². The third-order valence-electron chi connectivity index (χ3n) is 3.70. The molecule has 134 valence electrons. The lowest BCUT2D eigenvalue weighted by atomic mass is 10.1. The molecule has 0 spiro atoms. The Kier molecular flexibility index (Phi) is 6.61. The molecule has 2 rings (SSSR count). The van der Waals surface area contributed by atoms with Crippen molar-refractivity contribution in [3.63, 3.8) is 0 Å². The van der Waals surface area contributed by atoms with Crippen molar-refractivity contribution in [1.82, 2.24) is 5.32 Å². The summed E-state index contributed by atoms with van der Waals surface area (Å²) in [6.45, 7) is 2.09. The third-order valence-corrected chi connectivity index (χ3v) is 5.73. The van der Waals surface area contributed by atoms with Crippen LogP contribution in [0.3, 0.4) is 0 Å². The number of amides is 1. The van der Waals surface area contributed by atoms with Crippen LogP contribution in [-0.2, 0) is 21.2 Å². The molecule has 1 amide bonds. The predicted molar refractivity (Wildman–Crippen MR) is 104 cm³/mol. The van der Waals surface area contributed by atoms with Gasteiger partial charge in [0.2, 0.25) is 15.9 Å². The first-order valence-electron chi connectivity index (χ1n) is 7.82. The van der Waals surface area contributed by atoms with Crippen molar-refractivity contribution in [2.75, 3.05) is 23.7 Å². The van der Waals surface area contributed by atoms with E-state index in [0.717, 1.165) is 26.2 Å². The Morgan fingerprint density at radius 1 is 1.16 bits per heavy atom. The summed E-state index contributed by atoms with van der Waals surface area (Å²) < 4.78 is 26.2. The first kappa shape index (κ1) is 19.5. The first-order valence-corrected chi connectivity index (χ1v) is 10.5. The molecule has 2 aromatic carbocycles. The van der Waals surface area contributed by atoms with Gasteiger partial charge in [-0.15, -0.1) is 0 Å². The van der Waals surface area contributed by atoms with E-state index in [2.05, 4.69) is 21.2 Å². The van der Waals surface area contributed by atoms with E-state index in [4.69, 9.17) is 0 Å². The number of halogens is 1. The zero-order chi connectivity index (χ0) is 18.4. The minimum atomic E-state index is -3.56. The second kappa shape index (κ2) is 8.49. The first-order chi connectivity index (χ1) is 11.8. The highest BCUT2D eigenvalue weighted by atomic mass is 79.9. The van der Waals surface area contributed by atoms with Gasteiger partial charge in [-0.3, -0.25) is 9.10 Å². The van der Waals surface area contributed by atoms with Crippen molar-refractivity contribution in [2.24, 2.45) is 0 Å². The topological polar surface area (TPSA) is 66.5 Å². The van der Waals surface area contributed by atoms with E-state index in [9.17, 15) is 13.2 Å². The number of anilines is 1. The summed E-state index contributed by atoms with van der Waals surface area (Å²) >= 11 is 3.39. The van der Waals surface area contributed by atoms with Crippen LogP contribution < -0.4 is 9.62 Å². The van der Waals surface area contributed by atoms with Gasteiger partial charge in [0.25, 0.3) is 0 Å². The van der Waals surface area contributed by atoms with E-state index in [-0.39, 0.29) is 12.5 Å². The van der Waals surface area contributed by atoms with E-state index < -0.39 is 10.0 Å². The molecule has 0 aliphatic rings. The van der Waals surface area contributed by atoms with Gasteiger partial charge in [-0.25, -0.2) is 8.42 Å². The average molecular weight is 425 g/mol. The molecule has 0 saturated heterocycles. The fourth-order valence-electron chi connectivity index (χ4n) is 2.36. The molecule has 0 aromatic heterocycles. The van der Waals surface area contributed by atoms with Gasteiger partial charge in [0.15, 0.2) is 0 Å².